The lowest BCUT2D eigenvalue weighted by Gasteiger charge is -2.33. The molecule has 1 aliphatic rings. The Morgan fingerprint density at radius 3 is 3.08 bits per heavy atom. The average Bonchev–Trinajstić information content (AvgIpc) is 3.07. The number of nitrogens with one attached hydrogen (secondary N) is 1. The number of nitrogens with zero attached hydrogens (tertiary/aromatic N) is 6. The van der Waals surface area contributed by atoms with Crippen LogP contribution in [0.1, 0.15) is 13.3 Å². The van der Waals surface area contributed by atoms with Crippen molar-refractivity contribution in [3.8, 4) is 6.07 Å². The van der Waals surface area contributed by atoms with Gasteiger partial charge in [0, 0.05) is 25.4 Å². The van der Waals surface area contributed by atoms with Crippen LogP contribution in [0, 0.1) is 23.2 Å². The monoisotopic (exact) mass is 366 g/mol. The molecule has 0 amide bonds. The zero-order chi connectivity index (χ0) is 18.1. The lowest BCUT2D eigenvalue weighted by atomic mass is 9.88. The zero-order valence-corrected chi connectivity index (χ0v) is 15.1. The first-order valence-corrected chi connectivity index (χ1v) is 9.20. The van der Waals surface area contributed by atoms with Crippen LogP contribution in [-0.4, -0.2) is 33.0 Å². The third-order valence-corrected chi connectivity index (χ3v) is 5.76. The minimum absolute atomic E-state index is 0.0375. The van der Waals surface area contributed by atoms with Gasteiger partial charge in [0.2, 0.25) is 0 Å². The maximum absolute atomic E-state index is 9.36. The van der Waals surface area contributed by atoms with Crippen LogP contribution in [-0.2, 0) is 0 Å². The number of hydrogen-bond acceptors (Lipinski definition) is 9. The van der Waals surface area contributed by atoms with E-state index in [1.54, 1.807) is 23.6 Å². The van der Waals surface area contributed by atoms with Crippen molar-refractivity contribution < 1.29 is 0 Å². The summed E-state index contributed by atoms with van der Waals surface area (Å²) in [6.07, 6.45) is 4.12. The number of nitrogens with two attached hydrogens (primary N) is 1. The van der Waals surface area contributed by atoms with Crippen molar-refractivity contribution in [2.24, 2.45) is 11.8 Å². The molecule has 132 valence electrons. The van der Waals surface area contributed by atoms with Crippen LogP contribution in [0.3, 0.4) is 0 Å². The van der Waals surface area contributed by atoms with Gasteiger partial charge >= 0.3 is 0 Å². The fraction of sp³-hybridized carbons (Fsp3) is 0.353. The summed E-state index contributed by atoms with van der Waals surface area (Å²) in [6.45, 7) is 3.77. The summed E-state index contributed by atoms with van der Waals surface area (Å²) in [5.41, 5.74) is 6.58. The zero-order valence-electron chi connectivity index (χ0n) is 14.3. The number of fused-ring (bicyclic) bond motifs is 1. The van der Waals surface area contributed by atoms with E-state index < -0.39 is 0 Å². The molecule has 3 aromatic rings. The summed E-state index contributed by atoms with van der Waals surface area (Å²) in [4.78, 5) is 19.4. The molecule has 0 spiro atoms. The number of aromatic nitrogens is 4. The molecule has 1 aliphatic heterocycles. The molecule has 0 saturated carbocycles. The first kappa shape index (κ1) is 16.5. The maximum atomic E-state index is 9.36. The van der Waals surface area contributed by atoms with E-state index in [0.717, 1.165) is 34.9 Å². The van der Waals surface area contributed by atoms with Crippen LogP contribution in [0.25, 0.3) is 10.2 Å². The topological polar surface area (TPSA) is 117 Å². The van der Waals surface area contributed by atoms with Gasteiger partial charge in [-0.15, -0.1) is 0 Å². The van der Waals surface area contributed by atoms with E-state index in [2.05, 4.69) is 38.2 Å². The Hall–Kier alpha value is -2.99. The highest BCUT2D eigenvalue weighted by molar-refractivity contribution is 7.22. The molecule has 1 saturated heterocycles. The molecular formula is C17H18N8S. The Labute approximate surface area is 154 Å². The van der Waals surface area contributed by atoms with Gasteiger partial charge in [-0.1, -0.05) is 18.3 Å². The molecule has 8 nitrogen and oxygen atoms in total. The maximum Gasteiger partial charge on any atom is 0.186 e. The van der Waals surface area contributed by atoms with Gasteiger partial charge in [-0.05, 0) is 18.4 Å². The van der Waals surface area contributed by atoms with Crippen molar-refractivity contribution in [3.05, 3.63) is 24.7 Å². The number of nitriles is 1. The highest BCUT2D eigenvalue weighted by Gasteiger charge is 2.28. The third-order valence-electron chi connectivity index (χ3n) is 4.62. The Bertz CT molecular complexity index is 978. The van der Waals surface area contributed by atoms with Gasteiger partial charge in [0.15, 0.2) is 10.9 Å². The molecule has 0 bridgehead atoms. The largest absolute Gasteiger partial charge is 0.384 e. The summed E-state index contributed by atoms with van der Waals surface area (Å²) in [5, 5.41) is 13.5. The quantitative estimate of drug-likeness (QED) is 0.727. The first-order chi connectivity index (χ1) is 12.6. The smallest absolute Gasteiger partial charge is 0.186 e. The van der Waals surface area contributed by atoms with E-state index in [0.29, 0.717) is 23.4 Å². The van der Waals surface area contributed by atoms with Crippen molar-refractivity contribution in [2.75, 3.05) is 29.0 Å². The summed E-state index contributed by atoms with van der Waals surface area (Å²) >= 11 is 1.57. The van der Waals surface area contributed by atoms with Gasteiger partial charge < -0.3 is 16.0 Å². The van der Waals surface area contributed by atoms with Crippen LogP contribution < -0.4 is 16.0 Å². The van der Waals surface area contributed by atoms with Gasteiger partial charge in [0.1, 0.15) is 18.0 Å². The van der Waals surface area contributed by atoms with Crippen LogP contribution in [0.15, 0.2) is 24.7 Å². The SMILES string of the molecule is C[C@H]1CCN(c2nc3ccnc(Nc4cc(N)ncn4)c3s2)C[C@H]1C#N. The summed E-state index contributed by atoms with van der Waals surface area (Å²) < 4.78 is 0.951. The van der Waals surface area contributed by atoms with Crippen molar-refractivity contribution in [1.82, 2.24) is 19.9 Å². The standard InChI is InChI=1S/C17H18N8S/c1-10-3-5-25(8-11(10)7-18)17-23-12-2-4-20-16(15(12)26-17)24-14-6-13(19)21-9-22-14/h2,4,6,9-11H,3,5,8H2,1H3,(H3,19,20,21,22,24)/t10-,11+/m0/s1. The van der Waals surface area contributed by atoms with Crippen LogP contribution in [0.2, 0.25) is 0 Å². The second-order valence-corrected chi connectivity index (χ2v) is 7.38. The Morgan fingerprint density at radius 1 is 1.38 bits per heavy atom. The van der Waals surface area contributed by atoms with E-state index in [1.807, 2.05) is 6.07 Å². The van der Waals surface area contributed by atoms with Gasteiger partial charge in [-0.3, -0.25) is 0 Å². The van der Waals surface area contributed by atoms with Crippen molar-refractivity contribution in [3.63, 3.8) is 0 Å². The molecular weight excluding hydrogens is 348 g/mol. The Kier molecular flexibility index (Phi) is 4.26. The molecule has 0 unspecified atom stereocenters. The molecule has 4 rings (SSSR count). The first-order valence-electron chi connectivity index (χ1n) is 8.38. The van der Waals surface area contributed by atoms with Crippen LogP contribution >= 0.6 is 11.3 Å². The van der Waals surface area contributed by atoms with Crippen LogP contribution in [0.4, 0.5) is 22.6 Å². The predicted octanol–water partition coefficient (Wildman–Crippen LogP) is 2.79. The average molecular weight is 366 g/mol. The number of hydrogen-bond donors (Lipinski definition) is 2. The van der Waals surface area contributed by atoms with Gasteiger partial charge in [-0.25, -0.2) is 19.9 Å². The number of rotatable bonds is 3. The molecule has 9 heteroatoms. The number of anilines is 4. The second kappa shape index (κ2) is 6.72. The van der Waals surface area contributed by atoms with Crippen molar-refractivity contribution in [1.29, 1.82) is 5.26 Å². The second-order valence-electron chi connectivity index (χ2n) is 6.40. The lowest BCUT2D eigenvalue weighted by molar-refractivity contribution is 0.363. The molecule has 0 aromatic carbocycles. The fourth-order valence-corrected chi connectivity index (χ4v) is 4.08. The Morgan fingerprint density at radius 2 is 2.27 bits per heavy atom. The molecule has 0 radical (unpaired) electrons. The van der Waals surface area contributed by atoms with E-state index in [9.17, 15) is 5.26 Å². The number of piperidine rings is 1. The van der Waals surface area contributed by atoms with E-state index >= 15 is 0 Å². The van der Waals surface area contributed by atoms with Gasteiger partial charge in [0.05, 0.1) is 22.2 Å². The highest BCUT2D eigenvalue weighted by Crippen LogP contribution is 2.36. The molecule has 1 fully saturated rings. The van der Waals surface area contributed by atoms with E-state index in [4.69, 9.17) is 10.7 Å². The van der Waals surface area contributed by atoms with E-state index in [-0.39, 0.29) is 5.92 Å². The predicted molar refractivity (Wildman–Crippen MR) is 102 cm³/mol. The number of pyridine rings is 1. The fourth-order valence-electron chi connectivity index (χ4n) is 3.04. The summed E-state index contributed by atoms with van der Waals surface area (Å²) in [7, 11) is 0. The van der Waals surface area contributed by atoms with Gasteiger partial charge in [0.25, 0.3) is 0 Å². The number of nitrogen functional groups attached to an aromatic ring is 1. The normalized spacial score (nSPS) is 20.1. The minimum Gasteiger partial charge on any atom is -0.384 e. The lowest BCUT2D eigenvalue weighted by Crippen LogP contribution is -2.38. The summed E-state index contributed by atoms with van der Waals surface area (Å²) in [6, 6.07) is 5.97. The van der Waals surface area contributed by atoms with Crippen LogP contribution in [0.5, 0.6) is 0 Å². The highest BCUT2D eigenvalue weighted by atomic mass is 32.1. The summed E-state index contributed by atoms with van der Waals surface area (Å²) in [5.74, 6) is 2.13. The third kappa shape index (κ3) is 3.11. The van der Waals surface area contributed by atoms with E-state index in [1.165, 1.54) is 6.33 Å². The molecule has 4 heterocycles. The molecule has 3 aromatic heterocycles. The molecule has 26 heavy (non-hydrogen) atoms. The molecule has 3 N–H and O–H groups in total. The molecule has 2 atom stereocenters. The minimum atomic E-state index is 0.0375. The van der Waals surface area contributed by atoms with Gasteiger partial charge in [-0.2, -0.15) is 5.26 Å². The van der Waals surface area contributed by atoms with Crippen molar-refractivity contribution >= 4 is 44.1 Å². The number of thiazole rings is 1. The van der Waals surface area contributed by atoms with Crippen molar-refractivity contribution in [2.45, 2.75) is 13.3 Å². The molecule has 0 aliphatic carbocycles. The Balaban J connectivity index is 1.64.